The lowest BCUT2D eigenvalue weighted by Crippen LogP contribution is -2.38. The molecular formula is C13H16N4O2S. The number of aromatic amines is 1. The number of nitrogens with two attached hydrogens (primary N) is 1. The van der Waals surface area contributed by atoms with E-state index in [0.29, 0.717) is 17.1 Å². The zero-order valence-electron chi connectivity index (χ0n) is 11.0. The maximum absolute atomic E-state index is 11.9. The first kappa shape index (κ1) is 13.3. The molecule has 0 unspecified atom stereocenters. The number of nitrogens with one attached hydrogen (secondary N) is 1. The van der Waals surface area contributed by atoms with E-state index in [-0.39, 0.29) is 17.4 Å². The summed E-state index contributed by atoms with van der Waals surface area (Å²) in [5.41, 5.74) is 5.99. The van der Waals surface area contributed by atoms with E-state index in [9.17, 15) is 9.59 Å². The maximum Gasteiger partial charge on any atom is 0.268 e. The van der Waals surface area contributed by atoms with Gasteiger partial charge in [0.05, 0.1) is 12.1 Å². The Morgan fingerprint density at radius 1 is 1.50 bits per heavy atom. The number of piperidine rings is 1. The van der Waals surface area contributed by atoms with Gasteiger partial charge < -0.3 is 10.7 Å². The first-order valence-electron chi connectivity index (χ1n) is 6.61. The molecule has 0 bridgehead atoms. The van der Waals surface area contributed by atoms with E-state index in [0.717, 1.165) is 31.4 Å². The van der Waals surface area contributed by atoms with E-state index in [1.807, 2.05) is 11.4 Å². The molecule has 0 spiro atoms. The standard InChI is InChI=1S/C13H16N4O2S/c14-12(18)8-1-4-17(5-2-8)7-10-15-9-3-6-20-11(9)13(19)16-10/h3,6,8H,1-2,4-5,7H2,(H2,14,18)(H,15,16,19). The van der Waals surface area contributed by atoms with Crippen LogP contribution in [0.15, 0.2) is 16.2 Å². The molecule has 6 nitrogen and oxygen atoms in total. The fraction of sp³-hybridized carbons (Fsp3) is 0.462. The molecule has 2 aromatic heterocycles. The largest absolute Gasteiger partial charge is 0.369 e. The molecule has 3 rings (SSSR count). The maximum atomic E-state index is 11.9. The Bertz CT molecular complexity index is 685. The fourth-order valence-corrected chi connectivity index (χ4v) is 3.31. The molecule has 1 amide bonds. The average Bonchev–Trinajstić information content (AvgIpc) is 2.88. The van der Waals surface area contributed by atoms with Crippen LogP contribution < -0.4 is 11.3 Å². The second-order valence-corrected chi connectivity index (χ2v) is 6.02. The van der Waals surface area contributed by atoms with E-state index >= 15 is 0 Å². The van der Waals surface area contributed by atoms with Crippen LogP contribution in [0.1, 0.15) is 18.7 Å². The van der Waals surface area contributed by atoms with Crippen molar-refractivity contribution in [3.05, 3.63) is 27.6 Å². The zero-order chi connectivity index (χ0) is 14.1. The van der Waals surface area contributed by atoms with Gasteiger partial charge in [-0.2, -0.15) is 0 Å². The van der Waals surface area contributed by atoms with Crippen molar-refractivity contribution in [2.24, 2.45) is 11.7 Å². The van der Waals surface area contributed by atoms with Crippen LogP contribution in [0.5, 0.6) is 0 Å². The van der Waals surface area contributed by atoms with Crippen LogP contribution in [0.2, 0.25) is 0 Å². The van der Waals surface area contributed by atoms with E-state index in [2.05, 4.69) is 14.9 Å². The van der Waals surface area contributed by atoms with Crippen LogP contribution in [0.4, 0.5) is 0 Å². The zero-order valence-corrected chi connectivity index (χ0v) is 11.8. The summed E-state index contributed by atoms with van der Waals surface area (Å²) in [5.74, 6) is 0.451. The second-order valence-electron chi connectivity index (χ2n) is 5.10. The number of carbonyl (C=O) groups is 1. The van der Waals surface area contributed by atoms with E-state index in [1.54, 1.807) is 0 Å². The Kier molecular flexibility index (Phi) is 3.54. The van der Waals surface area contributed by atoms with Crippen molar-refractivity contribution >= 4 is 27.5 Å². The molecule has 0 aliphatic carbocycles. The summed E-state index contributed by atoms with van der Waals surface area (Å²) in [5, 5.41) is 1.87. The number of fused-ring (bicyclic) bond motifs is 1. The van der Waals surface area contributed by atoms with Gasteiger partial charge in [-0.05, 0) is 37.4 Å². The molecule has 106 valence electrons. The van der Waals surface area contributed by atoms with Crippen molar-refractivity contribution < 1.29 is 4.79 Å². The van der Waals surface area contributed by atoms with Crippen LogP contribution in [0.3, 0.4) is 0 Å². The number of rotatable bonds is 3. The molecule has 0 aromatic carbocycles. The van der Waals surface area contributed by atoms with Crippen molar-refractivity contribution in [2.45, 2.75) is 19.4 Å². The summed E-state index contributed by atoms with van der Waals surface area (Å²) in [6, 6.07) is 1.86. The first-order chi connectivity index (χ1) is 9.63. The molecule has 2 aromatic rings. The molecule has 0 atom stereocenters. The van der Waals surface area contributed by atoms with Gasteiger partial charge in [0.15, 0.2) is 0 Å². The molecule has 0 radical (unpaired) electrons. The molecule has 3 N–H and O–H groups in total. The summed E-state index contributed by atoms with van der Waals surface area (Å²) in [7, 11) is 0. The van der Waals surface area contributed by atoms with Crippen LogP contribution in [-0.2, 0) is 11.3 Å². The van der Waals surface area contributed by atoms with Crippen LogP contribution >= 0.6 is 11.3 Å². The van der Waals surface area contributed by atoms with Gasteiger partial charge in [-0.25, -0.2) is 4.98 Å². The van der Waals surface area contributed by atoms with Crippen molar-refractivity contribution in [1.29, 1.82) is 0 Å². The van der Waals surface area contributed by atoms with Crippen LogP contribution in [-0.4, -0.2) is 33.9 Å². The number of hydrogen-bond acceptors (Lipinski definition) is 5. The normalized spacial score (nSPS) is 17.6. The highest BCUT2D eigenvalue weighted by Gasteiger charge is 2.23. The van der Waals surface area contributed by atoms with Gasteiger partial charge in [0.1, 0.15) is 10.5 Å². The minimum atomic E-state index is -0.212. The Labute approximate surface area is 119 Å². The lowest BCUT2D eigenvalue weighted by Gasteiger charge is -2.29. The van der Waals surface area contributed by atoms with Gasteiger partial charge in [0.25, 0.3) is 5.56 Å². The molecule has 0 saturated carbocycles. The van der Waals surface area contributed by atoms with E-state index < -0.39 is 0 Å². The Morgan fingerprint density at radius 3 is 2.95 bits per heavy atom. The molecule has 1 fully saturated rings. The highest BCUT2D eigenvalue weighted by Crippen LogP contribution is 2.18. The van der Waals surface area contributed by atoms with Gasteiger partial charge in [-0.3, -0.25) is 14.5 Å². The number of nitrogens with zero attached hydrogens (tertiary/aromatic N) is 2. The Balaban J connectivity index is 1.71. The molecule has 1 saturated heterocycles. The van der Waals surface area contributed by atoms with Crippen molar-refractivity contribution in [2.75, 3.05) is 13.1 Å². The van der Waals surface area contributed by atoms with Crippen molar-refractivity contribution in [3.8, 4) is 0 Å². The lowest BCUT2D eigenvalue weighted by atomic mass is 9.96. The highest BCUT2D eigenvalue weighted by molar-refractivity contribution is 7.17. The molecule has 1 aliphatic heterocycles. The van der Waals surface area contributed by atoms with Gasteiger partial charge >= 0.3 is 0 Å². The van der Waals surface area contributed by atoms with Crippen molar-refractivity contribution in [3.63, 3.8) is 0 Å². The third-order valence-electron chi connectivity index (χ3n) is 3.73. The Morgan fingerprint density at radius 2 is 2.25 bits per heavy atom. The quantitative estimate of drug-likeness (QED) is 0.870. The number of hydrogen-bond donors (Lipinski definition) is 2. The predicted molar refractivity (Wildman–Crippen MR) is 77.4 cm³/mol. The summed E-state index contributed by atoms with van der Waals surface area (Å²) >= 11 is 1.40. The number of thiophene rings is 1. The third kappa shape index (κ3) is 2.59. The first-order valence-corrected chi connectivity index (χ1v) is 7.49. The number of primary amides is 1. The molecule has 3 heterocycles. The SMILES string of the molecule is NC(=O)C1CCN(Cc2nc3ccsc3c(=O)[nH]2)CC1. The minimum absolute atomic E-state index is 0.0161. The van der Waals surface area contributed by atoms with Gasteiger partial charge in [0.2, 0.25) is 5.91 Å². The van der Waals surface area contributed by atoms with Gasteiger partial charge in [-0.1, -0.05) is 0 Å². The molecule has 1 aliphatic rings. The Hall–Kier alpha value is -1.73. The van der Waals surface area contributed by atoms with Crippen LogP contribution in [0, 0.1) is 5.92 Å². The summed E-state index contributed by atoms with van der Waals surface area (Å²) in [6.07, 6.45) is 1.56. The third-order valence-corrected chi connectivity index (χ3v) is 4.63. The topological polar surface area (TPSA) is 92.1 Å². The number of H-pyrrole nitrogens is 1. The second kappa shape index (κ2) is 5.34. The summed E-state index contributed by atoms with van der Waals surface area (Å²) in [6.45, 7) is 2.21. The lowest BCUT2D eigenvalue weighted by molar-refractivity contribution is -0.123. The monoisotopic (exact) mass is 292 g/mol. The van der Waals surface area contributed by atoms with E-state index in [1.165, 1.54) is 11.3 Å². The fourth-order valence-electron chi connectivity index (χ4n) is 2.58. The predicted octanol–water partition coefficient (Wildman–Crippen LogP) is 0.682. The molecule has 20 heavy (non-hydrogen) atoms. The van der Waals surface area contributed by atoms with Gasteiger partial charge in [0, 0.05) is 5.92 Å². The molecule has 7 heteroatoms. The van der Waals surface area contributed by atoms with E-state index in [4.69, 9.17) is 5.73 Å². The number of likely N-dealkylation sites (tertiary alicyclic amines) is 1. The number of aromatic nitrogens is 2. The number of amides is 1. The van der Waals surface area contributed by atoms with Crippen LogP contribution in [0.25, 0.3) is 10.2 Å². The highest BCUT2D eigenvalue weighted by atomic mass is 32.1. The summed E-state index contributed by atoms with van der Waals surface area (Å²) in [4.78, 5) is 32.5. The summed E-state index contributed by atoms with van der Waals surface area (Å²) < 4.78 is 0.668. The van der Waals surface area contributed by atoms with Gasteiger partial charge in [-0.15, -0.1) is 11.3 Å². The average molecular weight is 292 g/mol. The minimum Gasteiger partial charge on any atom is -0.369 e. The smallest absolute Gasteiger partial charge is 0.268 e. The number of carbonyl (C=O) groups excluding carboxylic acids is 1. The molecular weight excluding hydrogens is 276 g/mol. The van der Waals surface area contributed by atoms with Crippen molar-refractivity contribution in [1.82, 2.24) is 14.9 Å².